The fraction of sp³-hybridized carbons (Fsp3) is 0.658. The topological polar surface area (TPSA) is 91.3 Å². The molecule has 1 amide bonds. The molecular weight excluding hydrogens is 646 g/mol. The van der Waals surface area contributed by atoms with Crippen LogP contribution in [0.4, 0.5) is 5.69 Å². The first-order valence-electron chi connectivity index (χ1n) is 17.9. The quantitative estimate of drug-likeness (QED) is 0.326. The first-order chi connectivity index (χ1) is 23.0. The first kappa shape index (κ1) is 38.6. The van der Waals surface area contributed by atoms with Gasteiger partial charge in [0, 0.05) is 43.2 Å². The highest BCUT2D eigenvalue weighted by molar-refractivity contribution is 7.84. The van der Waals surface area contributed by atoms with Crippen LogP contribution < -0.4 is 14.4 Å². The molecule has 2 N–H and O–H groups in total. The zero-order valence-electron chi connectivity index (χ0n) is 29.9. The Hall–Kier alpha value is -2.17. The molecule has 1 aliphatic carbocycles. The SMILES string of the molecule is CCCCc1cc(Cl)ccc1C1COc2ccc3cc2N(C1)CC1CCC1C(O)CCCC(C)C(C)S(=O)NC3=O.COCCN(C)C. The summed E-state index contributed by atoms with van der Waals surface area (Å²) in [6, 6.07) is 11.8. The Balaban J connectivity index is 0.000000671. The van der Waals surface area contributed by atoms with Crippen molar-refractivity contribution in [3.05, 3.63) is 58.1 Å². The van der Waals surface area contributed by atoms with Gasteiger partial charge in [-0.15, -0.1) is 0 Å². The zero-order valence-corrected chi connectivity index (χ0v) is 31.5. The predicted molar refractivity (Wildman–Crippen MR) is 198 cm³/mol. The van der Waals surface area contributed by atoms with Crippen LogP contribution >= 0.6 is 11.6 Å². The lowest BCUT2D eigenvalue weighted by Crippen LogP contribution is -2.44. The normalized spacial score (nSPS) is 27.8. The number of aliphatic hydroxyl groups excluding tert-OH is 1. The second-order valence-corrected chi connectivity index (χ2v) is 16.2. The Morgan fingerprint density at radius 1 is 1.10 bits per heavy atom. The van der Waals surface area contributed by atoms with Gasteiger partial charge < -0.3 is 24.4 Å². The van der Waals surface area contributed by atoms with Gasteiger partial charge in [0.1, 0.15) is 16.7 Å². The number of carbonyl (C=O) groups excluding carboxylic acids is 1. The Morgan fingerprint density at radius 3 is 2.56 bits per heavy atom. The second-order valence-electron chi connectivity index (χ2n) is 14.2. The van der Waals surface area contributed by atoms with Crippen LogP contribution in [-0.4, -0.2) is 85.5 Å². The number of unbranched alkanes of at least 4 members (excludes halogenated alkanes) is 1. The number of hydrogen-bond donors (Lipinski definition) is 2. The van der Waals surface area contributed by atoms with Crippen molar-refractivity contribution in [1.82, 2.24) is 9.62 Å². The van der Waals surface area contributed by atoms with Crippen LogP contribution in [0.15, 0.2) is 36.4 Å². The van der Waals surface area contributed by atoms with Crippen LogP contribution in [0.3, 0.4) is 0 Å². The minimum Gasteiger partial charge on any atom is -0.491 e. The number of aryl methyl sites for hydroxylation is 1. The Kier molecular flexibility index (Phi) is 15.1. The fourth-order valence-corrected chi connectivity index (χ4v) is 8.23. The van der Waals surface area contributed by atoms with E-state index in [2.05, 4.69) is 40.5 Å². The summed E-state index contributed by atoms with van der Waals surface area (Å²) in [6.45, 7) is 10.1. The highest BCUT2D eigenvalue weighted by Gasteiger charge is 2.39. The molecule has 2 heterocycles. The van der Waals surface area contributed by atoms with Crippen molar-refractivity contribution in [2.75, 3.05) is 59.0 Å². The van der Waals surface area contributed by atoms with Crippen molar-refractivity contribution in [3.63, 3.8) is 0 Å². The number of benzene rings is 2. The molecule has 10 heteroatoms. The van der Waals surface area contributed by atoms with Crippen LogP contribution in [0.25, 0.3) is 0 Å². The monoisotopic (exact) mass is 703 g/mol. The number of ether oxygens (including phenoxy) is 2. The lowest BCUT2D eigenvalue weighted by Gasteiger charge is -2.43. The number of hydrogen-bond acceptors (Lipinski definition) is 7. The number of anilines is 1. The number of amides is 1. The zero-order chi connectivity index (χ0) is 34.8. The smallest absolute Gasteiger partial charge is 0.263 e. The highest BCUT2D eigenvalue weighted by Crippen LogP contribution is 2.43. The summed E-state index contributed by atoms with van der Waals surface area (Å²) in [5.74, 6) is 1.40. The van der Waals surface area contributed by atoms with Gasteiger partial charge in [0.2, 0.25) is 0 Å². The summed E-state index contributed by atoms with van der Waals surface area (Å²) >= 11 is 6.42. The molecule has 2 bridgehead atoms. The number of nitrogens with one attached hydrogen (secondary N) is 1. The average Bonchev–Trinajstić information content (AvgIpc) is 3.23. The summed E-state index contributed by atoms with van der Waals surface area (Å²) in [7, 11) is 4.27. The van der Waals surface area contributed by atoms with Gasteiger partial charge in [-0.25, -0.2) is 4.21 Å². The summed E-state index contributed by atoms with van der Waals surface area (Å²) in [6.07, 6.45) is 7.53. The van der Waals surface area contributed by atoms with Crippen molar-refractivity contribution in [1.29, 1.82) is 0 Å². The molecule has 7 unspecified atom stereocenters. The second kappa shape index (κ2) is 18.7. The molecule has 1 saturated carbocycles. The van der Waals surface area contributed by atoms with Crippen molar-refractivity contribution < 1.29 is 23.6 Å². The predicted octanol–water partition coefficient (Wildman–Crippen LogP) is 6.85. The van der Waals surface area contributed by atoms with E-state index in [1.54, 1.807) is 13.2 Å². The van der Waals surface area contributed by atoms with Gasteiger partial charge in [0.25, 0.3) is 5.91 Å². The maximum Gasteiger partial charge on any atom is 0.263 e. The Labute approximate surface area is 296 Å². The fourth-order valence-electron chi connectivity index (χ4n) is 6.99. The molecule has 2 aliphatic heterocycles. The van der Waals surface area contributed by atoms with Crippen molar-refractivity contribution in [2.45, 2.75) is 89.4 Å². The number of rotatable bonds is 7. The van der Waals surface area contributed by atoms with E-state index in [0.29, 0.717) is 18.1 Å². The van der Waals surface area contributed by atoms with Gasteiger partial charge in [0.05, 0.1) is 30.3 Å². The number of halogens is 1. The minimum absolute atomic E-state index is 0.132. The van der Waals surface area contributed by atoms with Crippen LogP contribution in [0.2, 0.25) is 5.02 Å². The van der Waals surface area contributed by atoms with Crippen LogP contribution in [-0.2, 0) is 22.1 Å². The van der Waals surface area contributed by atoms with Gasteiger partial charge in [-0.1, -0.05) is 44.4 Å². The number of nitrogens with zero attached hydrogens (tertiary/aromatic N) is 2. The molecule has 2 aromatic carbocycles. The molecule has 48 heavy (non-hydrogen) atoms. The van der Waals surface area contributed by atoms with Gasteiger partial charge in [-0.2, -0.15) is 0 Å². The molecule has 2 aromatic rings. The van der Waals surface area contributed by atoms with Crippen LogP contribution in [0.1, 0.15) is 93.1 Å². The minimum atomic E-state index is -1.50. The molecule has 0 spiro atoms. The van der Waals surface area contributed by atoms with Crippen molar-refractivity contribution in [2.24, 2.45) is 17.8 Å². The van der Waals surface area contributed by atoms with Crippen LogP contribution in [0, 0.1) is 17.8 Å². The Morgan fingerprint density at radius 2 is 1.90 bits per heavy atom. The molecule has 1 fully saturated rings. The van der Waals surface area contributed by atoms with E-state index in [9.17, 15) is 14.1 Å². The van der Waals surface area contributed by atoms with E-state index in [0.717, 1.165) is 94.1 Å². The van der Waals surface area contributed by atoms with Gasteiger partial charge >= 0.3 is 0 Å². The third-order valence-electron chi connectivity index (χ3n) is 10.4. The number of methoxy groups -OCH3 is 1. The number of aliphatic hydroxyl groups is 1. The van der Waals surface area contributed by atoms with E-state index in [4.69, 9.17) is 21.1 Å². The Bertz CT molecular complexity index is 1360. The average molecular weight is 704 g/mol. The number of likely N-dealkylation sites (N-methyl/N-ethyl adjacent to an activating group) is 1. The molecule has 0 saturated heterocycles. The lowest BCUT2D eigenvalue weighted by atomic mass is 9.69. The maximum absolute atomic E-state index is 13.3. The molecule has 8 nitrogen and oxygen atoms in total. The van der Waals surface area contributed by atoms with E-state index in [-0.39, 0.29) is 35.0 Å². The largest absolute Gasteiger partial charge is 0.491 e. The van der Waals surface area contributed by atoms with Gasteiger partial charge in [-0.05, 0) is 119 Å². The molecule has 3 aliphatic rings. The van der Waals surface area contributed by atoms with E-state index in [1.807, 2.05) is 39.2 Å². The summed E-state index contributed by atoms with van der Waals surface area (Å²) in [5, 5.41) is 11.8. The molecule has 0 radical (unpaired) electrons. The van der Waals surface area contributed by atoms with E-state index >= 15 is 0 Å². The van der Waals surface area contributed by atoms with Gasteiger partial charge in [0.15, 0.2) is 0 Å². The molecule has 268 valence electrons. The van der Waals surface area contributed by atoms with Crippen molar-refractivity contribution >= 4 is 34.2 Å². The van der Waals surface area contributed by atoms with E-state index in [1.165, 1.54) is 11.1 Å². The van der Waals surface area contributed by atoms with Crippen LogP contribution in [0.5, 0.6) is 5.75 Å². The standard InChI is InChI=1S/C33H45ClN2O4S.C5H13NO/c1-4-5-8-23-16-27(34)12-14-28(23)26-19-36-18-25-10-13-29(25)31(37)9-6-7-21(2)22(3)41(39)35-33(38)24-11-15-32(40-20-26)30(36)17-24;1-6(2)4-5-7-3/h11-12,14-17,21-22,25-26,29,31,37H,4-10,13,18-20H2,1-3H3,(H,35,38);4-5H2,1-3H3. The summed E-state index contributed by atoms with van der Waals surface area (Å²) < 4.78 is 27.1. The molecule has 7 atom stereocenters. The molecule has 0 aromatic heterocycles. The molecular formula is C38H58ClN3O5S. The first-order valence-corrected chi connectivity index (χ1v) is 19.4. The highest BCUT2D eigenvalue weighted by atomic mass is 35.5. The third kappa shape index (κ3) is 10.4. The van der Waals surface area contributed by atoms with Gasteiger partial charge in [-0.3, -0.25) is 9.52 Å². The lowest BCUT2D eigenvalue weighted by molar-refractivity contribution is 0.00888. The summed E-state index contributed by atoms with van der Waals surface area (Å²) in [4.78, 5) is 17.7. The molecule has 5 rings (SSSR count). The van der Waals surface area contributed by atoms with E-state index < -0.39 is 11.0 Å². The summed E-state index contributed by atoms with van der Waals surface area (Å²) in [5.41, 5.74) is 3.92. The number of fused-ring (bicyclic) bond motifs is 2. The number of carbonyl (C=O) groups is 1. The third-order valence-corrected chi connectivity index (χ3v) is 12.2. The maximum atomic E-state index is 13.3. The van der Waals surface area contributed by atoms with Crippen molar-refractivity contribution in [3.8, 4) is 5.75 Å².